The van der Waals surface area contributed by atoms with Crippen LogP contribution in [0.4, 0.5) is 11.8 Å². The number of anilines is 1. The molecule has 0 unspecified atom stereocenters. The molecule has 1 aliphatic carbocycles. The summed E-state index contributed by atoms with van der Waals surface area (Å²) < 4.78 is 0. The average molecular weight is 344 g/mol. The van der Waals surface area contributed by atoms with E-state index in [9.17, 15) is 0 Å². The van der Waals surface area contributed by atoms with Gasteiger partial charge in [0.05, 0.1) is 5.71 Å². The number of aryl methyl sites for hydroxylation is 1. The van der Waals surface area contributed by atoms with Gasteiger partial charge in [-0.2, -0.15) is 0 Å². The van der Waals surface area contributed by atoms with Crippen LogP contribution in [-0.4, -0.2) is 21.5 Å². The van der Waals surface area contributed by atoms with Crippen LogP contribution in [0, 0.1) is 12.3 Å². The number of nitrogens with zero attached hydrogens (tertiary/aromatic N) is 2. The number of hydrogen-bond donors (Lipinski definition) is 4. The van der Waals surface area contributed by atoms with Crippen molar-refractivity contribution >= 4 is 23.3 Å². The summed E-state index contributed by atoms with van der Waals surface area (Å²) >= 11 is 0. The third kappa shape index (κ3) is 2.75. The van der Waals surface area contributed by atoms with E-state index >= 15 is 0 Å². The Bertz CT molecular complexity index is 1030. The van der Waals surface area contributed by atoms with E-state index in [1.807, 2.05) is 49.4 Å². The molecule has 0 saturated heterocycles. The molecular weight excluding hydrogens is 324 g/mol. The first-order chi connectivity index (χ1) is 12.5. The van der Waals surface area contributed by atoms with Crippen LogP contribution in [0.2, 0.25) is 0 Å². The number of nitrogens with two attached hydrogens (primary N) is 2. The van der Waals surface area contributed by atoms with Crippen LogP contribution in [0.5, 0.6) is 0 Å². The highest BCUT2D eigenvalue weighted by Gasteiger charge is 2.22. The molecule has 0 radical (unpaired) electrons. The topological polar surface area (TPSA) is 117 Å². The molecule has 0 spiro atoms. The summed E-state index contributed by atoms with van der Waals surface area (Å²) in [5.74, 6) is 1.09. The van der Waals surface area contributed by atoms with Gasteiger partial charge in [0.15, 0.2) is 11.8 Å². The highest BCUT2D eigenvalue weighted by atomic mass is 15.1. The zero-order valence-corrected chi connectivity index (χ0v) is 14.5. The van der Waals surface area contributed by atoms with Crippen molar-refractivity contribution in [1.29, 1.82) is 5.41 Å². The van der Waals surface area contributed by atoms with E-state index in [1.165, 1.54) is 5.56 Å². The highest BCUT2D eigenvalue weighted by molar-refractivity contribution is 6.09. The Balaban J connectivity index is 1.79. The number of rotatable bonds is 3. The van der Waals surface area contributed by atoms with Crippen molar-refractivity contribution in [3.05, 3.63) is 64.7 Å². The lowest BCUT2D eigenvalue weighted by Gasteiger charge is -2.06. The lowest BCUT2D eigenvalue weighted by molar-refractivity contribution is 1.08. The average Bonchev–Trinajstić information content (AvgIpc) is 3.19. The van der Waals surface area contributed by atoms with Gasteiger partial charge in [0.1, 0.15) is 11.5 Å². The number of H-pyrrole nitrogens is 1. The molecular formula is C20H20N6. The number of imidazole rings is 1. The first-order valence-corrected chi connectivity index (χ1v) is 8.49. The second-order valence-electron chi connectivity index (χ2n) is 6.49. The SMILES string of the molecule is Cc1ccc(-c2nc(N)[nH]c2N=C2CCc3c(C(=N)N)cccc32)cc1. The van der Waals surface area contributed by atoms with E-state index in [0.29, 0.717) is 11.8 Å². The van der Waals surface area contributed by atoms with Crippen molar-refractivity contribution in [2.45, 2.75) is 19.8 Å². The zero-order valence-electron chi connectivity index (χ0n) is 14.5. The van der Waals surface area contributed by atoms with E-state index < -0.39 is 0 Å². The molecule has 2 aromatic carbocycles. The maximum absolute atomic E-state index is 7.76. The van der Waals surface area contributed by atoms with E-state index in [0.717, 1.165) is 46.5 Å². The molecule has 6 N–H and O–H groups in total. The Hall–Kier alpha value is -3.41. The molecule has 1 aromatic heterocycles. The molecule has 0 amide bonds. The molecule has 130 valence electrons. The molecule has 4 rings (SSSR count). The number of aromatic nitrogens is 2. The molecule has 6 nitrogen and oxygen atoms in total. The van der Waals surface area contributed by atoms with Gasteiger partial charge in [-0.1, -0.05) is 48.0 Å². The molecule has 3 aromatic rings. The fourth-order valence-electron chi connectivity index (χ4n) is 3.38. The molecule has 1 heterocycles. The van der Waals surface area contributed by atoms with Gasteiger partial charge in [0.2, 0.25) is 0 Å². The van der Waals surface area contributed by atoms with Crippen LogP contribution in [0.1, 0.15) is 28.7 Å². The summed E-state index contributed by atoms with van der Waals surface area (Å²) in [6.45, 7) is 2.05. The van der Waals surface area contributed by atoms with Gasteiger partial charge in [-0.05, 0) is 30.9 Å². The maximum atomic E-state index is 7.76. The summed E-state index contributed by atoms with van der Waals surface area (Å²) in [6, 6.07) is 14.0. The molecule has 26 heavy (non-hydrogen) atoms. The van der Waals surface area contributed by atoms with Crippen molar-refractivity contribution in [3.8, 4) is 11.3 Å². The summed E-state index contributed by atoms with van der Waals surface area (Å²) in [5, 5.41) is 7.76. The van der Waals surface area contributed by atoms with Crippen LogP contribution in [-0.2, 0) is 6.42 Å². The number of benzene rings is 2. The van der Waals surface area contributed by atoms with Gasteiger partial charge < -0.3 is 16.5 Å². The summed E-state index contributed by atoms with van der Waals surface area (Å²) in [6.07, 6.45) is 1.62. The standard InChI is InChI=1S/C20H20N6/c1-11-5-7-12(8-6-11)17-19(26-20(23)25-17)24-16-10-9-13-14(16)3-2-4-15(13)18(21)22/h2-8H,9-10H2,1H3,(H3,21,22)(H3,23,25,26). The van der Waals surface area contributed by atoms with Crippen LogP contribution >= 0.6 is 0 Å². The lowest BCUT2D eigenvalue weighted by Crippen LogP contribution is -2.13. The predicted octanol–water partition coefficient (Wildman–Crippen LogP) is 3.32. The first kappa shape index (κ1) is 16.1. The highest BCUT2D eigenvalue weighted by Crippen LogP contribution is 2.32. The van der Waals surface area contributed by atoms with E-state index in [4.69, 9.17) is 21.9 Å². The normalized spacial score (nSPS) is 14.6. The number of nitrogens with one attached hydrogen (secondary N) is 2. The molecule has 0 aliphatic heterocycles. The van der Waals surface area contributed by atoms with Gasteiger partial charge in [0.25, 0.3) is 0 Å². The molecule has 6 heteroatoms. The van der Waals surface area contributed by atoms with E-state index in [2.05, 4.69) is 9.97 Å². The second kappa shape index (κ2) is 6.15. The number of fused-ring (bicyclic) bond motifs is 1. The summed E-state index contributed by atoms with van der Waals surface area (Å²) in [5.41, 5.74) is 18.4. The van der Waals surface area contributed by atoms with Crippen molar-refractivity contribution in [2.75, 3.05) is 5.73 Å². The van der Waals surface area contributed by atoms with Gasteiger partial charge in [0, 0.05) is 11.1 Å². The molecule has 0 saturated carbocycles. The van der Waals surface area contributed by atoms with Gasteiger partial charge in [-0.25, -0.2) is 9.98 Å². The number of hydrogen-bond acceptors (Lipinski definition) is 4. The number of aromatic amines is 1. The third-order valence-electron chi connectivity index (χ3n) is 4.66. The first-order valence-electron chi connectivity index (χ1n) is 8.49. The molecule has 0 bridgehead atoms. The van der Waals surface area contributed by atoms with Crippen LogP contribution < -0.4 is 11.5 Å². The van der Waals surface area contributed by atoms with Crippen LogP contribution in [0.25, 0.3) is 11.3 Å². The number of aliphatic imine (C=N–C) groups is 1. The van der Waals surface area contributed by atoms with E-state index in [1.54, 1.807) is 0 Å². The quantitative estimate of drug-likeness (QED) is 0.431. The molecule has 1 aliphatic rings. The van der Waals surface area contributed by atoms with Gasteiger partial charge >= 0.3 is 0 Å². The largest absolute Gasteiger partial charge is 0.384 e. The van der Waals surface area contributed by atoms with Crippen LogP contribution in [0.15, 0.2) is 47.5 Å². The molecule has 0 fully saturated rings. The summed E-state index contributed by atoms with van der Waals surface area (Å²) in [4.78, 5) is 12.3. The fourth-order valence-corrected chi connectivity index (χ4v) is 3.38. The Labute approximate surface area is 151 Å². The maximum Gasteiger partial charge on any atom is 0.199 e. The molecule has 0 atom stereocenters. The minimum absolute atomic E-state index is 0.0919. The third-order valence-corrected chi connectivity index (χ3v) is 4.66. The van der Waals surface area contributed by atoms with Crippen molar-refractivity contribution in [2.24, 2.45) is 10.7 Å². The Morgan fingerprint density at radius 1 is 1.15 bits per heavy atom. The van der Waals surface area contributed by atoms with Crippen LogP contribution in [0.3, 0.4) is 0 Å². The Morgan fingerprint density at radius 3 is 2.65 bits per heavy atom. The fraction of sp³-hybridized carbons (Fsp3) is 0.150. The Morgan fingerprint density at radius 2 is 1.92 bits per heavy atom. The van der Waals surface area contributed by atoms with Gasteiger partial charge in [-0.3, -0.25) is 5.41 Å². The monoisotopic (exact) mass is 344 g/mol. The predicted molar refractivity (Wildman–Crippen MR) is 105 cm³/mol. The van der Waals surface area contributed by atoms with Crippen molar-refractivity contribution in [1.82, 2.24) is 9.97 Å². The number of amidine groups is 1. The minimum atomic E-state index is 0.0919. The van der Waals surface area contributed by atoms with Gasteiger partial charge in [-0.15, -0.1) is 0 Å². The number of nitrogen functional groups attached to an aromatic ring is 2. The summed E-state index contributed by atoms with van der Waals surface area (Å²) in [7, 11) is 0. The van der Waals surface area contributed by atoms with Crippen molar-refractivity contribution < 1.29 is 0 Å². The lowest BCUT2D eigenvalue weighted by atomic mass is 10.0. The minimum Gasteiger partial charge on any atom is -0.384 e. The van der Waals surface area contributed by atoms with Crippen molar-refractivity contribution in [3.63, 3.8) is 0 Å². The zero-order chi connectivity index (χ0) is 18.3. The Kier molecular flexibility index (Phi) is 3.80. The second-order valence-corrected chi connectivity index (χ2v) is 6.49. The smallest absolute Gasteiger partial charge is 0.199 e. The van der Waals surface area contributed by atoms with E-state index in [-0.39, 0.29) is 5.84 Å².